The van der Waals surface area contributed by atoms with E-state index < -0.39 is 0 Å². The van der Waals surface area contributed by atoms with Crippen LogP contribution in [0.4, 0.5) is 0 Å². The molecule has 0 unspecified atom stereocenters. The summed E-state index contributed by atoms with van der Waals surface area (Å²) < 4.78 is 10.3. The summed E-state index contributed by atoms with van der Waals surface area (Å²) in [5, 5.41) is 1.10. The molecule has 112 valence electrons. The largest absolute Gasteiger partial charge is 0.497 e. The quantitative estimate of drug-likeness (QED) is 0.512. The Kier molecular flexibility index (Phi) is 6.83. The summed E-state index contributed by atoms with van der Waals surface area (Å²) in [6.45, 7) is 0. The zero-order chi connectivity index (χ0) is 14.9. The molecule has 0 heterocycles. The molecule has 2 aromatic carbocycles. The molecule has 0 aliphatic heterocycles. The zero-order valence-corrected chi connectivity index (χ0v) is 14.0. The van der Waals surface area contributed by atoms with Gasteiger partial charge in [0.2, 0.25) is 0 Å². The van der Waals surface area contributed by atoms with Crippen LogP contribution in [-0.2, 0) is 11.5 Å². The van der Waals surface area contributed by atoms with E-state index in [2.05, 4.69) is 24.3 Å². The van der Waals surface area contributed by atoms with E-state index in [-0.39, 0.29) is 0 Å². The summed E-state index contributed by atoms with van der Waals surface area (Å²) in [7, 11) is 3.39. The second-order valence-electron chi connectivity index (χ2n) is 4.51. The van der Waals surface area contributed by atoms with Crippen molar-refractivity contribution in [1.29, 1.82) is 0 Å². The van der Waals surface area contributed by atoms with Crippen molar-refractivity contribution < 1.29 is 9.47 Å². The van der Waals surface area contributed by atoms with Gasteiger partial charge in [0.1, 0.15) is 11.5 Å². The predicted molar refractivity (Wildman–Crippen MR) is 93.4 cm³/mol. The van der Waals surface area contributed by atoms with Gasteiger partial charge in [-0.3, -0.25) is 0 Å². The van der Waals surface area contributed by atoms with E-state index in [1.165, 1.54) is 11.1 Å². The minimum atomic E-state index is 0.914. The Morgan fingerprint density at radius 2 is 1.05 bits per heavy atom. The van der Waals surface area contributed by atoms with Crippen LogP contribution in [0.5, 0.6) is 11.5 Å². The fraction of sp³-hybridized carbons (Fsp3) is 0.294. The molecule has 0 fully saturated rings. The molecular weight excluding hydrogens is 300 g/mol. The van der Waals surface area contributed by atoms with E-state index in [0.29, 0.717) is 0 Å². The van der Waals surface area contributed by atoms with Crippen molar-refractivity contribution in [3.05, 3.63) is 59.7 Å². The maximum atomic E-state index is 5.16. The molecule has 0 spiro atoms. The maximum absolute atomic E-state index is 5.16. The molecule has 21 heavy (non-hydrogen) atoms. The number of rotatable bonds is 8. The van der Waals surface area contributed by atoms with Crippen LogP contribution < -0.4 is 9.47 Å². The highest BCUT2D eigenvalue weighted by Gasteiger charge is 1.98. The summed E-state index contributed by atoms with van der Waals surface area (Å²) in [5.41, 5.74) is 2.68. The number of methoxy groups -OCH3 is 2. The molecule has 0 aromatic heterocycles. The molecular formula is C17H20O2S2. The molecule has 0 aliphatic carbocycles. The monoisotopic (exact) mass is 320 g/mol. The van der Waals surface area contributed by atoms with Crippen LogP contribution in [0, 0.1) is 0 Å². The van der Waals surface area contributed by atoms with Crippen molar-refractivity contribution in [2.45, 2.75) is 11.5 Å². The number of benzene rings is 2. The van der Waals surface area contributed by atoms with Crippen molar-refractivity contribution in [1.82, 2.24) is 0 Å². The zero-order valence-electron chi connectivity index (χ0n) is 12.4. The highest BCUT2D eigenvalue weighted by atomic mass is 32.2. The van der Waals surface area contributed by atoms with Crippen molar-refractivity contribution in [3.8, 4) is 11.5 Å². The van der Waals surface area contributed by atoms with Crippen molar-refractivity contribution in [3.63, 3.8) is 0 Å². The van der Waals surface area contributed by atoms with Gasteiger partial charge in [-0.2, -0.15) is 0 Å². The van der Waals surface area contributed by atoms with E-state index in [1.54, 1.807) is 14.2 Å². The van der Waals surface area contributed by atoms with E-state index in [0.717, 1.165) is 28.1 Å². The van der Waals surface area contributed by atoms with Crippen LogP contribution in [0.25, 0.3) is 0 Å². The van der Waals surface area contributed by atoms with Gasteiger partial charge in [-0.15, -0.1) is 23.5 Å². The molecule has 0 radical (unpaired) electrons. The topological polar surface area (TPSA) is 18.5 Å². The molecule has 0 amide bonds. The van der Waals surface area contributed by atoms with Crippen LogP contribution in [0.3, 0.4) is 0 Å². The van der Waals surface area contributed by atoms with Gasteiger partial charge in [-0.1, -0.05) is 24.3 Å². The number of thioether (sulfide) groups is 2. The highest BCUT2D eigenvalue weighted by Crippen LogP contribution is 2.23. The Morgan fingerprint density at radius 1 is 0.667 bits per heavy atom. The lowest BCUT2D eigenvalue weighted by atomic mass is 10.2. The fourth-order valence-electron chi connectivity index (χ4n) is 1.82. The van der Waals surface area contributed by atoms with Gasteiger partial charge >= 0.3 is 0 Å². The van der Waals surface area contributed by atoms with Crippen LogP contribution in [0.15, 0.2) is 48.5 Å². The first-order valence-corrected chi connectivity index (χ1v) is 9.04. The molecule has 2 rings (SSSR count). The average molecular weight is 320 g/mol. The average Bonchev–Trinajstić information content (AvgIpc) is 2.55. The summed E-state index contributed by atoms with van der Waals surface area (Å²) in [6, 6.07) is 16.6. The number of ether oxygens (including phenoxy) is 2. The third-order valence-corrected chi connectivity index (χ3v) is 5.43. The standard InChI is InChI=1S/C17H20O2S2/c1-18-16-7-3-14(4-8-16)11-20-13-21-12-15-5-9-17(19-2)10-6-15/h3-10H,11-13H2,1-2H3. The van der Waals surface area contributed by atoms with Gasteiger partial charge in [0, 0.05) is 16.6 Å². The summed E-state index contributed by atoms with van der Waals surface area (Å²) >= 11 is 3.89. The molecule has 0 atom stereocenters. The van der Waals surface area contributed by atoms with Crippen LogP contribution >= 0.6 is 23.5 Å². The normalized spacial score (nSPS) is 10.4. The Morgan fingerprint density at radius 3 is 1.38 bits per heavy atom. The summed E-state index contributed by atoms with van der Waals surface area (Å²) in [5.74, 6) is 3.91. The van der Waals surface area contributed by atoms with E-state index in [1.807, 2.05) is 47.8 Å². The first kappa shape index (κ1) is 16.1. The molecule has 0 N–H and O–H groups in total. The minimum absolute atomic E-state index is 0.914. The first-order chi connectivity index (χ1) is 10.3. The third-order valence-electron chi connectivity index (χ3n) is 3.02. The SMILES string of the molecule is COc1ccc(CSCSCc2ccc(OC)cc2)cc1. The number of hydrogen-bond donors (Lipinski definition) is 0. The van der Waals surface area contributed by atoms with Crippen LogP contribution in [0.2, 0.25) is 0 Å². The molecule has 0 aliphatic rings. The third kappa shape index (κ3) is 5.56. The Balaban J connectivity index is 1.64. The lowest BCUT2D eigenvalue weighted by Gasteiger charge is -2.05. The number of hydrogen-bond acceptors (Lipinski definition) is 4. The van der Waals surface area contributed by atoms with Gasteiger partial charge in [0.15, 0.2) is 0 Å². The molecule has 0 saturated heterocycles. The second-order valence-corrected chi connectivity index (χ2v) is 6.85. The van der Waals surface area contributed by atoms with E-state index in [4.69, 9.17) is 9.47 Å². The first-order valence-electron chi connectivity index (χ1n) is 6.73. The lowest BCUT2D eigenvalue weighted by Crippen LogP contribution is -1.86. The van der Waals surface area contributed by atoms with Crippen LogP contribution in [-0.4, -0.2) is 19.3 Å². The van der Waals surface area contributed by atoms with Crippen molar-refractivity contribution in [2.24, 2.45) is 0 Å². The Hall–Kier alpha value is -1.26. The van der Waals surface area contributed by atoms with Gasteiger partial charge in [-0.25, -0.2) is 0 Å². The van der Waals surface area contributed by atoms with Gasteiger partial charge in [-0.05, 0) is 35.4 Å². The van der Waals surface area contributed by atoms with Gasteiger partial charge in [0.05, 0.1) is 14.2 Å². The Labute approximate surface area is 135 Å². The van der Waals surface area contributed by atoms with E-state index in [9.17, 15) is 0 Å². The smallest absolute Gasteiger partial charge is 0.118 e. The van der Waals surface area contributed by atoms with E-state index >= 15 is 0 Å². The summed E-state index contributed by atoms with van der Waals surface area (Å²) in [4.78, 5) is 0. The van der Waals surface area contributed by atoms with Crippen molar-refractivity contribution >= 4 is 23.5 Å². The molecule has 4 heteroatoms. The maximum Gasteiger partial charge on any atom is 0.118 e. The Bertz CT molecular complexity index is 474. The molecule has 2 nitrogen and oxygen atoms in total. The minimum Gasteiger partial charge on any atom is -0.497 e. The fourth-order valence-corrected chi connectivity index (χ4v) is 3.82. The molecule has 0 bridgehead atoms. The van der Waals surface area contributed by atoms with Gasteiger partial charge < -0.3 is 9.47 Å². The van der Waals surface area contributed by atoms with Gasteiger partial charge in [0.25, 0.3) is 0 Å². The molecule has 2 aromatic rings. The second kappa shape index (κ2) is 8.90. The predicted octanol–water partition coefficient (Wildman–Crippen LogP) is 4.83. The lowest BCUT2D eigenvalue weighted by molar-refractivity contribution is 0.414. The van der Waals surface area contributed by atoms with Crippen LogP contribution in [0.1, 0.15) is 11.1 Å². The molecule has 0 saturated carbocycles. The highest BCUT2D eigenvalue weighted by molar-refractivity contribution is 8.15. The van der Waals surface area contributed by atoms with Crippen molar-refractivity contribution in [2.75, 3.05) is 19.3 Å². The summed E-state index contributed by atoms with van der Waals surface area (Å²) in [6.07, 6.45) is 0.